The lowest BCUT2D eigenvalue weighted by Crippen LogP contribution is -2.41. The van der Waals surface area contributed by atoms with E-state index < -0.39 is 0 Å². The Balaban J connectivity index is 2.34. The molecule has 1 saturated heterocycles. The molecule has 0 aromatic heterocycles. The summed E-state index contributed by atoms with van der Waals surface area (Å²) in [6.07, 6.45) is 2.05. The predicted molar refractivity (Wildman–Crippen MR) is 42.6 cm³/mol. The monoisotopic (exact) mass is 155 g/mol. The van der Waals surface area contributed by atoms with Crippen molar-refractivity contribution in [3.8, 4) is 0 Å². The molecular weight excluding hydrogens is 142 g/mol. The number of amides is 1. The second-order valence-electron chi connectivity index (χ2n) is 2.74. The maximum atomic E-state index is 10.5. The van der Waals surface area contributed by atoms with Gasteiger partial charge in [-0.2, -0.15) is 0 Å². The highest BCUT2D eigenvalue weighted by atomic mass is 16.1. The lowest BCUT2D eigenvalue weighted by molar-refractivity contribution is -0.117. The van der Waals surface area contributed by atoms with E-state index in [-0.39, 0.29) is 11.9 Å². The van der Waals surface area contributed by atoms with E-state index in [1.165, 1.54) is 6.92 Å². The van der Waals surface area contributed by atoms with E-state index >= 15 is 0 Å². The summed E-state index contributed by atoms with van der Waals surface area (Å²) in [7, 11) is 0. The van der Waals surface area contributed by atoms with Crippen LogP contribution in [0.25, 0.3) is 0 Å². The molecule has 0 bridgehead atoms. The molecule has 4 heteroatoms. The van der Waals surface area contributed by atoms with Crippen LogP contribution in [0.3, 0.4) is 0 Å². The van der Waals surface area contributed by atoms with Gasteiger partial charge in [-0.15, -0.1) is 0 Å². The fraction of sp³-hybridized carbons (Fsp3) is 0.714. The Hall–Kier alpha value is -0.900. The molecule has 3 N–H and O–H groups in total. The van der Waals surface area contributed by atoms with Gasteiger partial charge in [0, 0.05) is 6.92 Å². The third kappa shape index (κ3) is 2.31. The fourth-order valence-electron chi connectivity index (χ4n) is 1.21. The minimum Gasteiger partial charge on any atom is -0.314 e. The molecule has 1 atom stereocenters. The van der Waals surface area contributed by atoms with Gasteiger partial charge < -0.3 is 10.6 Å². The zero-order valence-electron chi connectivity index (χ0n) is 6.61. The van der Waals surface area contributed by atoms with E-state index in [0.29, 0.717) is 5.84 Å². The van der Waals surface area contributed by atoms with Gasteiger partial charge in [0.25, 0.3) is 0 Å². The summed E-state index contributed by atoms with van der Waals surface area (Å²) in [5.74, 6) is 0.138. The minimum absolute atomic E-state index is 0.0684. The Morgan fingerprint density at radius 2 is 2.45 bits per heavy atom. The molecule has 0 aromatic rings. The quantitative estimate of drug-likeness (QED) is 0.364. The molecule has 0 spiro atoms. The average molecular weight is 155 g/mol. The van der Waals surface area contributed by atoms with Crippen LogP contribution >= 0.6 is 0 Å². The molecule has 4 nitrogen and oxygen atoms in total. The number of carbonyl (C=O) groups excluding carboxylic acids is 1. The topological polar surface area (TPSA) is 65.0 Å². The highest BCUT2D eigenvalue weighted by molar-refractivity contribution is 5.98. The Labute approximate surface area is 65.9 Å². The van der Waals surface area contributed by atoms with Crippen molar-refractivity contribution in [3.63, 3.8) is 0 Å². The van der Waals surface area contributed by atoms with Crippen LogP contribution < -0.4 is 10.6 Å². The number of amidine groups is 1. The SMILES string of the molecule is CC(=O)NC(=N)C1CCCN1. The van der Waals surface area contributed by atoms with Crippen molar-refractivity contribution in [1.82, 2.24) is 10.6 Å². The molecule has 0 aromatic carbocycles. The maximum absolute atomic E-state index is 10.5. The summed E-state index contributed by atoms with van der Waals surface area (Å²) in [5.41, 5.74) is 0. The summed E-state index contributed by atoms with van der Waals surface area (Å²) in [4.78, 5) is 10.5. The molecule has 62 valence electrons. The van der Waals surface area contributed by atoms with Crippen molar-refractivity contribution in [1.29, 1.82) is 5.41 Å². The van der Waals surface area contributed by atoms with Crippen molar-refractivity contribution in [2.75, 3.05) is 6.54 Å². The van der Waals surface area contributed by atoms with Gasteiger partial charge in [0.15, 0.2) is 0 Å². The minimum atomic E-state index is -0.163. The highest BCUT2D eigenvalue weighted by Gasteiger charge is 2.18. The summed E-state index contributed by atoms with van der Waals surface area (Å²) in [6.45, 7) is 2.37. The standard InChI is InChI=1S/C7H13N3O/c1-5(11)10-7(8)6-3-2-4-9-6/h6,9H,2-4H2,1H3,(H2,8,10,11). The molecule has 1 fully saturated rings. The van der Waals surface area contributed by atoms with E-state index in [9.17, 15) is 4.79 Å². The second kappa shape index (κ2) is 3.48. The molecule has 1 heterocycles. The maximum Gasteiger partial charge on any atom is 0.222 e. The first-order valence-corrected chi connectivity index (χ1v) is 3.79. The summed E-state index contributed by atoms with van der Waals surface area (Å²) >= 11 is 0. The molecule has 1 unspecified atom stereocenters. The van der Waals surface area contributed by atoms with Crippen LogP contribution in [0.5, 0.6) is 0 Å². The van der Waals surface area contributed by atoms with Crippen molar-refractivity contribution < 1.29 is 4.79 Å². The van der Waals surface area contributed by atoms with Gasteiger partial charge in [-0.1, -0.05) is 0 Å². The Bertz CT molecular complexity index is 173. The zero-order chi connectivity index (χ0) is 8.27. The largest absolute Gasteiger partial charge is 0.314 e. The number of nitrogens with one attached hydrogen (secondary N) is 3. The van der Waals surface area contributed by atoms with Crippen molar-refractivity contribution in [2.45, 2.75) is 25.8 Å². The van der Waals surface area contributed by atoms with E-state index in [0.717, 1.165) is 19.4 Å². The molecule has 11 heavy (non-hydrogen) atoms. The van der Waals surface area contributed by atoms with Crippen molar-refractivity contribution in [3.05, 3.63) is 0 Å². The first-order chi connectivity index (χ1) is 5.20. The number of rotatable bonds is 1. The van der Waals surface area contributed by atoms with Crippen LogP contribution in [0, 0.1) is 5.41 Å². The molecule has 1 rings (SSSR count). The Morgan fingerprint density at radius 1 is 1.73 bits per heavy atom. The first-order valence-electron chi connectivity index (χ1n) is 3.79. The van der Waals surface area contributed by atoms with Crippen LogP contribution in [-0.4, -0.2) is 24.3 Å². The van der Waals surface area contributed by atoms with Gasteiger partial charge in [-0.25, -0.2) is 0 Å². The third-order valence-electron chi connectivity index (χ3n) is 1.72. The number of carbonyl (C=O) groups is 1. The van der Waals surface area contributed by atoms with Crippen LogP contribution in [0.15, 0.2) is 0 Å². The van der Waals surface area contributed by atoms with Gasteiger partial charge in [0.1, 0.15) is 5.84 Å². The number of hydrogen-bond acceptors (Lipinski definition) is 3. The average Bonchev–Trinajstić information content (AvgIpc) is 2.35. The molecular formula is C7H13N3O. The molecule has 0 radical (unpaired) electrons. The van der Waals surface area contributed by atoms with E-state index in [1.54, 1.807) is 0 Å². The summed E-state index contributed by atoms with van der Waals surface area (Å²) in [6, 6.07) is 0.0684. The van der Waals surface area contributed by atoms with Gasteiger partial charge >= 0.3 is 0 Å². The lowest BCUT2D eigenvalue weighted by atomic mass is 10.2. The van der Waals surface area contributed by atoms with Crippen LogP contribution in [0.4, 0.5) is 0 Å². The van der Waals surface area contributed by atoms with Gasteiger partial charge in [-0.3, -0.25) is 10.2 Å². The van der Waals surface area contributed by atoms with Crippen molar-refractivity contribution in [2.24, 2.45) is 0 Å². The van der Waals surface area contributed by atoms with Crippen LogP contribution in [0.2, 0.25) is 0 Å². The highest BCUT2D eigenvalue weighted by Crippen LogP contribution is 2.04. The van der Waals surface area contributed by atoms with E-state index in [4.69, 9.17) is 5.41 Å². The molecule has 0 saturated carbocycles. The first kappa shape index (κ1) is 8.20. The van der Waals surface area contributed by atoms with E-state index in [2.05, 4.69) is 10.6 Å². The second-order valence-corrected chi connectivity index (χ2v) is 2.74. The van der Waals surface area contributed by atoms with Gasteiger partial charge in [0.2, 0.25) is 5.91 Å². The Morgan fingerprint density at radius 3 is 2.91 bits per heavy atom. The molecule has 1 amide bonds. The summed E-state index contributed by atoms with van der Waals surface area (Å²) in [5, 5.41) is 13.0. The third-order valence-corrected chi connectivity index (χ3v) is 1.72. The Kier molecular flexibility index (Phi) is 2.59. The predicted octanol–water partition coefficient (Wildman–Crippen LogP) is -0.148. The molecule has 1 aliphatic heterocycles. The summed E-state index contributed by atoms with van der Waals surface area (Å²) < 4.78 is 0. The lowest BCUT2D eigenvalue weighted by Gasteiger charge is -2.11. The zero-order valence-corrected chi connectivity index (χ0v) is 6.61. The molecule has 0 aliphatic carbocycles. The normalized spacial score (nSPS) is 23.2. The van der Waals surface area contributed by atoms with Gasteiger partial charge in [-0.05, 0) is 19.4 Å². The fourth-order valence-corrected chi connectivity index (χ4v) is 1.21. The van der Waals surface area contributed by atoms with E-state index in [1.807, 2.05) is 0 Å². The van der Waals surface area contributed by atoms with Crippen molar-refractivity contribution >= 4 is 11.7 Å². The smallest absolute Gasteiger partial charge is 0.222 e. The van der Waals surface area contributed by atoms with Gasteiger partial charge in [0.05, 0.1) is 6.04 Å². The van der Waals surface area contributed by atoms with Crippen LogP contribution in [-0.2, 0) is 4.79 Å². The van der Waals surface area contributed by atoms with Crippen LogP contribution in [0.1, 0.15) is 19.8 Å². The molecule has 1 aliphatic rings. The number of hydrogen-bond donors (Lipinski definition) is 3.